The maximum atomic E-state index is 12.3. The number of esters is 1. The Kier molecular flexibility index (Phi) is 5.22. The van der Waals surface area contributed by atoms with Crippen LogP contribution in [-0.2, 0) is 9.53 Å². The highest BCUT2D eigenvalue weighted by Crippen LogP contribution is 2.59. The summed E-state index contributed by atoms with van der Waals surface area (Å²) in [6, 6.07) is 0. The summed E-state index contributed by atoms with van der Waals surface area (Å²) in [7, 11) is 0. The van der Waals surface area contributed by atoms with Crippen molar-refractivity contribution in [1.82, 2.24) is 0 Å². The molecule has 1 fully saturated rings. The van der Waals surface area contributed by atoms with Gasteiger partial charge in [0.1, 0.15) is 0 Å². The molecule has 0 amide bonds. The average Bonchev–Trinajstić information content (AvgIpc) is 2.86. The van der Waals surface area contributed by atoms with E-state index in [4.69, 9.17) is 11.2 Å². The molecule has 0 spiro atoms. The van der Waals surface area contributed by atoms with Crippen LogP contribution in [0.3, 0.4) is 0 Å². The fourth-order valence-corrected chi connectivity index (χ4v) is 2.67. The number of ether oxygens (including phenoxy) is 1. The van der Waals surface area contributed by atoms with Gasteiger partial charge in [-0.05, 0) is 44.1 Å². The van der Waals surface area contributed by atoms with Crippen LogP contribution in [0.15, 0.2) is 23.3 Å². The van der Waals surface area contributed by atoms with Crippen molar-refractivity contribution in [2.45, 2.75) is 54.1 Å². The quantitative estimate of drug-likeness (QED) is 0.428. The Balaban J connectivity index is 2.76. The molecule has 0 aliphatic heterocycles. The second kappa shape index (κ2) is 6.31. The molecule has 1 rings (SSSR count). The highest BCUT2D eigenvalue weighted by molar-refractivity contribution is 5.79. The first kappa shape index (κ1) is 16.6. The van der Waals surface area contributed by atoms with Gasteiger partial charge in [0.2, 0.25) is 0 Å². The van der Waals surface area contributed by atoms with Crippen molar-refractivity contribution in [1.29, 1.82) is 0 Å². The average molecular weight is 274 g/mol. The molecule has 3 atom stereocenters. The van der Waals surface area contributed by atoms with E-state index in [2.05, 4.69) is 39.7 Å². The van der Waals surface area contributed by atoms with Crippen molar-refractivity contribution < 1.29 is 9.53 Å². The molecule has 0 N–H and O–H groups in total. The molecule has 0 bridgehead atoms. The van der Waals surface area contributed by atoms with E-state index in [-0.39, 0.29) is 23.2 Å². The van der Waals surface area contributed by atoms with Gasteiger partial charge in [0.25, 0.3) is 0 Å². The maximum Gasteiger partial charge on any atom is 0.311 e. The Hall–Kier alpha value is -1.49. The third-order valence-electron chi connectivity index (χ3n) is 4.00. The van der Waals surface area contributed by atoms with Gasteiger partial charge in [-0.1, -0.05) is 44.4 Å². The fourth-order valence-electron chi connectivity index (χ4n) is 2.67. The summed E-state index contributed by atoms with van der Waals surface area (Å²) < 4.78 is 5.51. The van der Waals surface area contributed by atoms with Crippen LogP contribution < -0.4 is 0 Å². The van der Waals surface area contributed by atoms with Gasteiger partial charge in [0.05, 0.1) is 5.92 Å². The Labute approximate surface area is 123 Å². The van der Waals surface area contributed by atoms with Crippen LogP contribution in [0, 0.1) is 29.6 Å². The van der Waals surface area contributed by atoms with Gasteiger partial charge >= 0.3 is 5.97 Å². The monoisotopic (exact) mass is 274 g/mol. The molecule has 1 saturated carbocycles. The molecule has 0 radical (unpaired) electrons. The third kappa shape index (κ3) is 3.54. The van der Waals surface area contributed by atoms with E-state index in [0.717, 1.165) is 12.0 Å². The summed E-state index contributed by atoms with van der Waals surface area (Å²) in [4.78, 5) is 12.3. The molecular weight excluding hydrogens is 248 g/mol. The van der Waals surface area contributed by atoms with Crippen molar-refractivity contribution in [3.05, 3.63) is 23.3 Å². The van der Waals surface area contributed by atoms with E-state index in [1.165, 1.54) is 5.57 Å². The molecule has 110 valence electrons. The number of hydrogen-bond donors (Lipinski definition) is 0. The molecule has 20 heavy (non-hydrogen) atoms. The Morgan fingerprint density at radius 1 is 1.40 bits per heavy atom. The first-order valence-electron chi connectivity index (χ1n) is 7.24. The minimum Gasteiger partial charge on any atom is -0.444 e. The maximum absolute atomic E-state index is 12.3. The van der Waals surface area contributed by atoms with Crippen molar-refractivity contribution in [2.75, 3.05) is 0 Å². The summed E-state index contributed by atoms with van der Waals surface area (Å²) >= 11 is 0. The number of hydrogen-bond acceptors (Lipinski definition) is 2. The van der Waals surface area contributed by atoms with Crippen LogP contribution in [0.25, 0.3) is 0 Å². The predicted molar refractivity (Wildman–Crippen MR) is 83.0 cm³/mol. The van der Waals surface area contributed by atoms with Crippen molar-refractivity contribution in [3.63, 3.8) is 0 Å². The lowest BCUT2D eigenvalue weighted by Gasteiger charge is -2.13. The molecule has 1 aliphatic carbocycles. The second-order valence-corrected chi connectivity index (χ2v) is 6.41. The van der Waals surface area contributed by atoms with Crippen molar-refractivity contribution in [3.8, 4) is 12.3 Å². The van der Waals surface area contributed by atoms with Crippen LogP contribution in [0.1, 0.15) is 48.0 Å². The van der Waals surface area contributed by atoms with Crippen molar-refractivity contribution in [2.24, 2.45) is 17.3 Å². The molecular formula is C18H26O2. The lowest BCUT2D eigenvalue weighted by atomic mass is 10.1. The smallest absolute Gasteiger partial charge is 0.311 e. The van der Waals surface area contributed by atoms with Crippen LogP contribution in [0.5, 0.6) is 0 Å². The number of carbonyl (C=O) groups excluding carboxylic acids is 1. The van der Waals surface area contributed by atoms with Crippen LogP contribution in [0.2, 0.25) is 0 Å². The SMILES string of the molecule is C#C[C@H](OC(=O)[C@H]1[C@H](C=C(C)C)C1(C)C)/C(C)=C/CC. The van der Waals surface area contributed by atoms with E-state index in [9.17, 15) is 4.79 Å². The summed E-state index contributed by atoms with van der Waals surface area (Å²) in [6.07, 6.45) is 9.99. The van der Waals surface area contributed by atoms with Gasteiger partial charge in [-0.15, -0.1) is 6.42 Å². The molecule has 0 aromatic heterocycles. The van der Waals surface area contributed by atoms with E-state index >= 15 is 0 Å². The van der Waals surface area contributed by atoms with E-state index in [0.29, 0.717) is 0 Å². The fraction of sp³-hybridized carbons (Fsp3) is 0.611. The van der Waals surface area contributed by atoms with Crippen LogP contribution >= 0.6 is 0 Å². The molecule has 0 saturated heterocycles. The number of carbonyl (C=O) groups is 1. The number of allylic oxidation sites excluding steroid dienone is 3. The standard InChI is InChI=1S/C18H26O2/c1-8-10-13(5)15(9-2)20-17(19)16-14(11-12(3)4)18(16,6)7/h2,10-11,14-16H,8H2,1,3-7H3/b13-10+/t14-,15-,16+/m0/s1. The Morgan fingerprint density at radius 2 is 2.00 bits per heavy atom. The second-order valence-electron chi connectivity index (χ2n) is 6.41. The lowest BCUT2D eigenvalue weighted by Crippen LogP contribution is -2.20. The highest BCUT2D eigenvalue weighted by Gasteiger charge is 2.61. The van der Waals surface area contributed by atoms with Gasteiger partial charge in [-0.3, -0.25) is 4.79 Å². The molecule has 1 aliphatic rings. The molecule has 2 heteroatoms. The number of rotatable bonds is 5. The topological polar surface area (TPSA) is 26.3 Å². The van der Waals surface area contributed by atoms with Gasteiger partial charge in [-0.25, -0.2) is 0 Å². The number of terminal acetylenes is 1. The van der Waals surface area contributed by atoms with Gasteiger partial charge < -0.3 is 4.74 Å². The minimum atomic E-state index is -0.536. The first-order chi connectivity index (χ1) is 9.25. The molecule has 0 aromatic carbocycles. The zero-order valence-corrected chi connectivity index (χ0v) is 13.5. The molecule has 0 aromatic rings. The van der Waals surface area contributed by atoms with Gasteiger partial charge in [-0.2, -0.15) is 0 Å². The van der Waals surface area contributed by atoms with E-state index < -0.39 is 6.10 Å². The minimum absolute atomic E-state index is 0.0319. The van der Waals surface area contributed by atoms with E-state index in [1.807, 2.05) is 19.9 Å². The largest absolute Gasteiger partial charge is 0.444 e. The Morgan fingerprint density at radius 3 is 2.45 bits per heavy atom. The zero-order valence-electron chi connectivity index (χ0n) is 13.5. The summed E-state index contributed by atoms with van der Waals surface area (Å²) in [6.45, 7) is 12.2. The summed E-state index contributed by atoms with van der Waals surface area (Å²) in [5, 5.41) is 0. The molecule has 0 heterocycles. The molecule has 2 nitrogen and oxygen atoms in total. The summed E-state index contributed by atoms with van der Waals surface area (Å²) in [5.74, 6) is 2.56. The normalized spacial score (nSPS) is 25.4. The Bertz CT molecular complexity index is 470. The molecule has 0 unspecified atom stereocenters. The van der Waals surface area contributed by atoms with Gasteiger partial charge in [0, 0.05) is 0 Å². The predicted octanol–water partition coefficient (Wildman–Crippen LogP) is 4.13. The van der Waals surface area contributed by atoms with Crippen molar-refractivity contribution >= 4 is 5.97 Å². The van der Waals surface area contributed by atoms with Crippen LogP contribution in [0.4, 0.5) is 0 Å². The first-order valence-corrected chi connectivity index (χ1v) is 7.24. The highest BCUT2D eigenvalue weighted by atomic mass is 16.5. The van der Waals surface area contributed by atoms with Gasteiger partial charge in [0.15, 0.2) is 6.10 Å². The van der Waals surface area contributed by atoms with E-state index in [1.54, 1.807) is 0 Å². The lowest BCUT2D eigenvalue weighted by molar-refractivity contribution is -0.147. The third-order valence-corrected chi connectivity index (χ3v) is 4.00. The zero-order chi connectivity index (χ0) is 15.5. The summed E-state index contributed by atoms with van der Waals surface area (Å²) in [5.41, 5.74) is 2.13. The van der Waals surface area contributed by atoms with Crippen LogP contribution in [-0.4, -0.2) is 12.1 Å².